The van der Waals surface area contributed by atoms with Gasteiger partial charge in [-0.2, -0.15) is 5.26 Å². The van der Waals surface area contributed by atoms with Gasteiger partial charge in [0.15, 0.2) is 0 Å². The third kappa shape index (κ3) is 4.10. The van der Waals surface area contributed by atoms with E-state index in [9.17, 15) is 0 Å². The van der Waals surface area contributed by atoms with E-state index in [2.05, 4.69) is 62.5 Å². The van der Waals surface area contributed by atoms with E-state index in [4.69, 9.17) is 5.26 Å². The standard InChI is InChI=1S/C19H22N2/c1-15(21-18-11-9-16(14-20)10-12-18)13-19(2,3)17-7-5-4-6-8-17/h4-12,15,21H,13H2,1-3H3. The molecule has 2 heteroatoms. The van der Waals surface area contributed by atoms with E-state index >= 15 is 0 Å². The molecule has 2 rings (SSSR count). The lowest BCUT2D eigenvalue weighted by Crippen LogP contribution is -2.27. The average Bonchev–Trinajstić information content (AvgIpc) is 2.48. The second-order valence-corrected chi connectivity index (χ2v) is 6.19. The Labute approximate surface area is 127 Å². The second kappa shape index (κ2) is 6.45. The monoisotopic (exact) mass is 278 g/mol. The molecule has 2 aromatic carbocycles. The molecule has 1 unspecified atom stereocenters. The van der Waals surface area contributed by atoms with E-state index in [1.54, 1.807) is 0 Å². The van der Waals surface area contributed by atoms with Crippen LogP contribution in [0.1, 0.15) is 38.3 Å². The van der Waals surface area contributed by atoms with Gasteiger partial charge in [-0.15, -0.1) is 0 Å². The molecule has 0 bridgehead atoms. The summed E-state index contributed by atoms with van der Waals surface area (Å²) in [5, 5.41) is 12.3. The lowest BCUT2D eigenvalue weighted by molar-refractivity contribution is 0.450. The fraction of sp³-hybridized carbons (Fsp3) is 0.316. The van der Waals surface area contributed by atoms with Crippen LogP contribution in [0.15, 0.2) is 54.6 Å². The molecule has 0 aliphatic heterocycles. The summed E-state index contributed by atoms with van der Waals surface area (Å²) in [5.41, 5.74) is 3.24. The summed E-state index contributed by atoms with van der Waals surface area (Å²) in [7, 11) is 0. The smallest absolute Gasteiger partial charge is 0.0991 e. The van der Waals surface area contributed by atoms with E-state index in [0.717, 1.165) is 12.1 Å². The Morgan fingerprint density at radius 1 is 1.05 bits per heavy atom. The second-order valence-electron chi connectivity index (χ2n) is 6.19. The first-order valence-corrected chi connectivity index (χ1v) is 7.33. The zero-order valence-corrected chi connectivity index (χ0v) is 12.9. The average molecular weight is 278 g/mol. The molecule has 2 nitrogen and oxygen atoms in total. The van der Waals surface area contributed by atoms with Crippen molar-refractivity contribution in [1.82, 2.24) is 0 Å². The number of hydrogen-bond acceptors (Lipinski definition) is 2. The van der Waals surface area contributed by atoms with Crippen LogP contribution in [-0.4, -0.2) is 6.04 Å². The summed E-state index contributed by atoms with van der Waals surface area (Å²) >= 11 is 0. The third-order valence-electron chi connectivity index (χ3n) is 3.80. The first kappa shape index (κ1) is 15.1. The Hall–Kier alpha value is -2.27. The minimum atomic E-state index is 0.125. The van der Waals surface area contributed by atoms with Gasteiger partial charge in [0.1, 0.15) is 0 Å². The van der Waals surface area contributed by atoms with Gasteiger partial charge in [0, 0.05) is 11.7 Å². The maximum absolute atomic E-state index is 8.82. The molecule has 2 aromatic rings. The highest BCUT2D eigenvalue weighted by molar-refractivity contribution is 5.47. The van der Waals surface area contributed by atoms with Gasteiger partial charge in [-0.3, -0.25) is 0 Å². The Bertz CT molecular complexity index is 606. The first-order chi connectivity index (χ1) is 10.0. The van der Waals surface area contributed by atoms with Gasteiger partial charge >= 0.3 is 0 Å². The maximum Gasteiger partial charge on any atom is 0.0991 e. The lowest BCUT2D eigenvalue weighted by Gasteiger charge is -2.29. The van der Waals surface area contributed by atoms with Crippen LogP contribution in [0.3, 0.4) is 0 Å². The molecular formula is C19H22N2. The Morgan fingerprint density at radius 2 is 1.67 bits per heavy atom. The van der Waals surface area contributed by atoms with Crippen LogP contribution >= 0.6 is 0 Å². The highest BCUT2D eigenvalue weighted by Gasteiger charge is 2.23. The normalized spacial score (nSPS) is 12.5. The van der Waals surface area contributed by atoms with Gasteiger partial charge in [0.05, 0.1) is 11.6 Å². The van der Waals surface area contributed by atoms with Gasteiger partial charge in [0.25, 0.3) is 0 Å². The molecule has 0 aromatic heterocycles. The van der Waals surface area contributed by atoms with Crippen molar-refractivity contribution in [1.29, 1.82) is 5.26 Å². The number of anilines is 1. The molecule has 1 atom stereocenters. The molecule has 0 fully saturated rings. The molecule has 0 aliphatic rings. The number of rotatable bonds is 5. The molecule has 0 saturated carbocycles. The summed E-state index contributed by atoms with van der Waals surface area (Å²) in [5.74, 6) is 0. The van der Waals surface area contributed by atoms with Crippen molar-refractivity contribution in [3.8, 4) is 6.07 Å². The molecule has 21 heavy (non-hydrogen) atoms. The number of hydrogen-bond donors (Lipinski definition) is 1. The molecule has 0 saturated heterocycles. The fourth-order valence-corrected chi connectivity index (χ4v) is 2.75. The summed E-state index contributed by atoms with van der Waals surface area (Å²) in [6, 6.07) is 20.7. The molecule has 0 spiro atoms. The minimum Gasteiger partial charge on any atom is -0.383 e. The summed E-state index contributed by atoms with van der Waals surface area (Å²) in [6.07, 6.45) is 1.04. The summed E-state index contributed by atoms with van der Waals surface area (Å²) in [6.45, 7) is 6.75. The van der Waals surface area contributed by atoms with Gasteiger partial charge in [-0.1, -0.05) is 44.2 Å². The molecule has 0 heterocycles. The highest BCUT2D eigenvalue weighted by Crippen LogP contribution is 2.29. The van der Waals surface area contributed by atoms with Crippen LogP contribution in [0.2, 0.25) is 0 Å². The SMILES string of the molecule is CC(CC(C)(C)c1ccccc1)Nc1ccc(C#N)cc1. The van der Waals surface area contributed by atoms with E-state index in [0.29, 0.717) is 11.6 Å². The first-order valence-electron chi connectivity index (χ1n) is 7.33. The lowest BCUT2D eigenvalue weighted by atomic mass is 9.79. The Morgan fingerprint density at radius 3 is 2.24 bits per heavy atom. The van der Waals surface area contributed by atoms with Gasteiger partial charge in [0.2, 0.25) is 0 Å². The molecule has 108 valence electrons. The largest absolute Gasteiger partial charge is 0.383 e. The van der Waals surface area contributed by atoms with Crippen molar-refractivity contribution in [2.24, 2.45) is 0 Å². The van der Waals surface area contributed by atoms with Crippen molar-refractivity contribution < 1.29 is 0 Å². The van der Waals surface area contributed by atoms with Crippen molar-refractivity contribution in [2.45, 2.75) is 38.6 Å². The van der Waals surface area contributed by atoms with Crippen molar-refractivity contribution in [2.75, 3.05) is 5.32 Å². The minimum absolute atomic E-state index is 0.125. The van der Waals surface area contributed by atoms with Gasteiger partial charge in [-0.05, 0) is 48.6 Å². The van der Waals surface area contributed by atoms with Crippen LogP contribution in [0, 0.1) is 11.3 Å². The quantitative estimate of drug-likeness (QED) is 0.858. The zero-order valence-electron chi connectivity index (χ0n) is 12.9. The molecule has 0 amide bonds. The van der Waals surface area contributed by atoms with Crippen molar-refractivity contribution in [3.63, 3.8) is 0 Å². The molecular weight excluding hydrogens is 256 g/mol. The van der Waals surface area contributed by atoms with Crippen LogP contribution < -0.4 is 5.32 Å². The predicted molar refractivity (Wildman–Crippen MR) is 88.3 cm³/mol. The van der Waals surface area contributed by atoms with Crippen LogP contribution in [0.25, 0.3) is 0 Å². The fourth-order valence-electron chi connectivity index (χ4n) is 2.75. The van der Waals surface area contributed by atoms with Crippen LogP contribution in [0.5, 0.6) is 0 Å². The molecule has 0 aliphatic carbocycles. The third-order valence-corrected chi connectivity index (χ3v) is 3.80. The van der Waals surface area contributed by atoms with E-state index < -0.39 is 0 Å². The zero-order chi connectivity index (χ0) is 15.3. The molecule has 0 radical (unpaired) electrons. The number of nitrogens with zero attached hydrogens (tertiary/aromatic N) is 1. The molecule has 1 N–H and O–H groups in total. The van der Waals surface area contributed by atoms with Crippen LogP contribution in [0.4, 0.5) is 5.69 Å². The van der Waals surface area contributed by atoms with E-state index in [1.807, 2.05) is 24.3 Å². The van der Waals surface area contributed by atoms with E-state index in [-0.39, 0.29) is 5.41 Å². The summed E-state index contributed by atoms with van der Waals surface area (Å²) < 4.78 is 0. The van der Waals surface area contributed by atoms with Gasteiger partial charge < -0.3 is 5.32 Å². The Kier molecular flexibility index (Phi) is 4.65. The number of benzene rings is 2. The van der Waals surface area contributed by atoms with Crippen molar-refractivity contribution >= 4 is 5.69 Å². The summed E-state index contributed by atoms with van der Waals surface area (Å²) in [4.78, 5) is 0. The highest BCUT2D eigenvalue weighted by atomic mass is 14.9. The topological polar surface area (TPSA) is 35.8 Å². The number of nitriles is 1. The van der Waals surface area contributed by atoms with E-state index in [1.165, 1.54) is 5.56 Å². The van der Waals surface area contributed by atoms with Crippen LogP contribution in [-0.2, 0) is 5.41 Å². The number of nitrogens with one attached hydrogen (secondary N) is 1. The maximum atomic E-state index is 8.82. The predicted octanol–water partition coefficient (Wildman–Crippen LogP) is 4.73. The Balaban J connectivity index is 2.00. The van der Waals surface area contributed by atoms with Gasteiger partial charge in [-0.25, -0.2) is 0 Å². The van der Waals surface area contributed by atoms with Crippen molar-refractivity contribution in [3.05, 3.63) is 65.7 Å².